The van der Waals surface area contributed by atoms with Crippen LogP contribution >= 0.6 is 0 Å². The molecule has 0 aromatic rings. The predicted molar refractivity (Wildman–Crippen MR) is 67.8 cm³/mol. The van der Waals surface area contributed by atoms with E-state index >= 15 is 0 Å². The molecule has 1 saturated heterocycles. The lowest BCUT2D eigenvalue weighted by Gasteiger charge is -2.20. The molecule has 1 heterocycles. The molecule has 0 radical (unpaired) electrons. The number of carbonyl (C=O) groups excluding carboxylic acids is 2. The molecule has 0 bridgehead atoms. The Hall–Kier alpha value is -0.900. The molecular formula is C13H24N2O2. The van der Waals surface area contributed by atoms with Crippen molar-refractivity contribution in [3.05, 3.63) is 0 Å². The van der Waals surface area contributed by atoms with Crippen LogP contribution in [0.5, 0.6) is 0 Å². The zero-order valence-electron chi connectivity index (χ0n) is 11.1. The van der Waals surface area contributed by atoms with Crippen LogP contribution in [-0.4, -0.2) is 54.2 Å². The maximum Gasteiger partial charge on any atom is 0.219 e. The molecule has 1 aliphatic heterocycles. The van der Waals surface area contributed by atoms with E-state index in [1.807, 2.05) is 4.90 Å². The van der Waals surface area contributed by atoms with Crippen molar-refractivity contribution in [1.29, 1.82) is 0 Å². The Morgan fingerprint density at radius 2 is 1.76 bits per heavy atom. The number of ketones is 1. The molecule has 1 aliphatic rings. The van der Waals surface area contributed by atoms with Crippen molar-refractivity contribution in [3.8, 4) is 0 Å². The highest BCUT2D eigenvalue weighted by atomic mass is 16.2. The van der Waals surface area contributed by atoms with Gasteiger partial charge in [0.25, 0.3) is 0 Å². The van der Waals surface area contributed by atoms with Gasteiger partial charge in [-0.2, -0.15) is 0 Å². The minimum atomic E-state index is 0.184. The van der Waals surface area contributed by atoms with E-state index in [1.165, 1.54) is 0 Å². The van der Waals surface area contributed by atoms with E-state index in [9.17, 15) is 9.59 Å². The van der Waals surface area contributed by atoms with E-state index in [0.717, 1.165) is 52.0 Å². The Balaban J connectivity index is 2.18. The summed E-state index contributed by atoms with van der Waals surface area (Å²) >= 11 is 0. The fourth-order valence-electron chi connectivity index (χ4n) is 2.22. The molecule has 0 saturated carbocycles. The van der Waals surface area contributed by atoms with Crippen molar-refractivity contribution in [3.63, 3.8) is 0 Å². The molecular weight excluding hydrogens is 216 g/mol. The Morgan fingerprint density at radius 3 is 2.41 bits per heavy atom. The van der Waals surface area contributed by atoms with Crippen LogP contribution in [0.25, 0.3) is 0 Å². The van der Waals surface area contributed by atoms with Gasteiger partial charge in [-0.3, -0.25) is 4.79 Å². The molecule has 0 aliphatic carbocycles. The van der Waals surface area contributed by atoms with Crippen molar-refractivity contribution in [2.24, 2.45) is 0 Å². The van der Waals surface area contributed by atoms with Gasteiger partial charge < -0.3 is 14.6 Å². The molecule has 4 heteroatoms. The highest BCUT2D eigenvalue weighted by Gasteiger charge is 2.15. The Labute approximate surface area is 104 Å². The SMILES string of the molecule is CC(=O)CCCCN1CCCN(C(C)=O)CC1. The first-order valence-electron chi connectivity index (χ1n) is 6.57. The largest absolute Gasteiger partial charge is 0.342 e. The molecule has 1 fully saturated rings. The van der Waals surface area contributed by atoms with Gasteiger partial charge in [-0.25, -0.2) is 0 Å². The highest BCUT2D eigenvalue weighted by molar-refractivity contribution is 5.75. The number of nitrogens with zero attached hydrogens (tertiary/aromatic N) is 2. The zero-order valence-corrected chi connectivity index (χ0v) is 11.1. The highest BCUT2D eigenvalue weighted by Crippen LogP contribution is 2.06. The molecule has 0 N–H and O–H groups in total. The van der Waals surface area contributed by atoms with Gasteiger partial charge in [0.1, 0.15) is 5.78 Å². The van der Waals surface area contributed by atoms with Gasteiger partial charge in [0, 0.05) is 33.0 Å². The average molecular weight is 240 g/mol. The second-order valence-corrected chi connectivity index (χ2v) is 4.86. The third kappa shape index (κ3) is 5.82. The molecule has 4 nitrogen and oxygen atoms in total. The quantitative estimate of drug-likeness (QED) is 0.680. The van der Waals surface area contributed by atoms with E-state index in [0.29, 0.717) is 6.42 Å². The number of carbonyl (C=O) groups is 2. The van der Waals surface area contributed by atoms with Crippen LogP contribution in [0.15, 0.2) is 0 Å². The van der Waals surface area contributed by atoms with Crippen molar-refractivity contribution >= 4 is 11.7 Å². The summed E-state index contributed by atoms with van der Waals surface area (Å²) in [6, 6.07) is 0. The monoisotopic (exact) mass is 240 g/mol. The number of amides is 1. The molecule has 0 aromatic carbocycles. The number of rotatable bonds is 5. The Bertz CT molecular complexity index is 266. The van der Waals surface area contributed by atoms with Crippen LogP contribution in [0.4, 0.5) is 0 Å². The molecule has 17 heavy (non-hydrogen) atoms. The normalized spacial score (nSPS) is 17.9. The fraction of sp³-hybridized carbons (Fsp3) is 0.846. The molecule has 0 spiro atoms. The van der Waals surface area contributed by atoms with Crippen molar-refractivity contribution < 1.29 is 9.59 Å². The third-order valence-electron chi connectivity index (χ3n) is 3.29. The first kappa shape index (κ1) is 14.2. The van der Waals surface area contributed by atoms with E-state index in [1.54, 1.807) is 13.8 Å². The number of hydrogen-bond acceptors (Lipinski definition) is 3. The van der Waals surface area contributed by atoms with Crippen molar-refractivity contribution in [2.75, 3.05) is 32.7 Å². The standard InChI is InChI=1S/C13H24N2O2/c1-12(16)6-3-4-7-14-8-5-9-15(11-10-14)13(2)17/h3-11H2,1-2H3. The molecule has 1 amide bonds. The average Bonchev–Trinajstić information content (AvgIpc) is 2.49. The summed E-state index contributed by atoms with van der Waals surface area (Å²) in [6.07, 6.45) is 3.83. The summed E-state index contributed by atoms with van der Waals surface area (Å²) in [5.74, 6) is 0.465. The maximum absolute atomic E-state index is 11.3. The second kappa shape index (κ2) is 7.43. The van der Waals surface area contributed by atoms with Crippen LogP contribution in [0.1, 0.15) is 39.5 Å². The molecule has 1 rings (SSSR count). The minimum absolute atomic E-state index is 0.184. The fourth-order valence-corrected chi connectivity index (χ4v) is 2.22. The van der Waals surface area contributed by atoms with Crippen molar-refractivity contribution in [1.82, 2.24) is 9.80 Å². The van der Waals surface area contributed by atoms with E-state index in [4.69, 9.17) is 0 Å². The van der Waals surface area contributed by atoms with Gasteiger partial charge in [-0.1, -0.05) is 0 Å². The summed E-state index contributed by atoms with van der Waals surface area (Å²) in [5, 5.41) is 0. The molecule has 0 atom stereocenters. The van der Waals surface area contributed by atoms with Crippen LogP contribution in [0, 0.1) is 0 Å². The van der Waals surface area contributed by atoms with E-state index in [2.05, 4.69) is 4.90 Å². The van der Waals surface area contributed by atoms with Gasteiger partial charge in [0.05, 0.1) is 0 Å². The summed E-state index contributed by atoms with van der Waals surface area (Å²) in [5.41, 5.74) is 0. The first-order chi connectivity index (χ1) is 8.09. The smallest absolute Gasteiger partial charge is 0.219 e. The molecule has 0 aromatic heterocycles. The molecule has 98 valence electrons. The number of hydrogen-bond donors (Lipinski definition) is 0. The predicted octanol–water partition coefficient (Wildman–Crippen LogP) is 1.30. The minimum Gasteiger partial charge on any atom is -0.342 e. The lowest BCUT2D eigenvalue weighted by Crippen LogP contribution is -2.33. The summed E-state index contributed by atoms with van der Waals surface area (Å²) in [4.78, 5) is 26.4. The van der Waals surface area contributed by atoms with Crippen LogP contribution in [0.2, 0.25) is 0 Å². The van der Waals surface area contributed by atoms with Crippen molar-refractivity contribution in [2.45, 2.75) is 39.5 Å². The Kier molecular flexibility index (Phi) is 6.19. The van der Waals surface area contributed by atoms with E-state index < -0.39 is 0 Å². The molecule has 0 unspecified atom stereocenters. The second-order valence-electron chi connectivity index (χ2n) is 4.86. The Morgan fingerprint density at radius 1 is 1.00 bits per heavy atom. The van der Waals surface area contributed by atoms with Gasteiger partial charge in [-0.05, 0) is 39.3 Å². The van der Waals surface area contributed by atoms with Crippen LogP contribution in [-0.2, 0) is 9.59 Å². The lowest BCUT2D eigenvalue weighted by molar-refractivity contribution is -0.128. The summed E-state index contributed by atoms with van der Waals surface area (Å²) in [7, 11) is 0. The van der Waals surface area contributed by atoms with Crippen LogP contribution < -0.4 is 0 Å². The van der Waals surface area contributed by atoms with Gasteiger partial charge in [0.2, 0.25) is 5.91 Å². The number of unbranched alkanes of at least 4 members (excludes halogenated alkanes) is 1. The van der Waals surface area contributed by atoms with E-state index in [-0.39, 0.29) is 11.7 Å². The van der Waals surface area contributed by atoms with Gasteiger partial charge >= 0.3 is 0 Å². The summed E-state index contributed by atoms with van der Waals surface area (Å²) in [6.45, 7) is 8.13. The number of Topliss-reactive ketones (excluding diaryl/α,β-unsaturated/α-hetero) is 1. The van der Waals surface area contributed by atoms with Gasteiger partial charge in [0.15, 0.2) is 0 Å². The topological polar surface area (TPSA) is 40.6 Å². The van der Waals surface area contributed by atoms with Crippen LogP contribution in [0.3, 0.4) is 0 Å². The summed E-state index contributed by atoms with van der Waals surface area (Å²) < 4.78 is 0. The maximum atomic E-state index is 11.3. The first-order valence-corrected chi connectivity index (χ1v) is 6.57. The lowest BCUT2D eigenvalue weighted by atomic mass is 10.2. The zero-order chi connectivity index (χ0) is 12.7. The third-order valence-corrected chi connectivity index (χ3v) is 3.29. The van der Waals surface area contributed by atoms with Gasteiger partial charge in [-0.15, -0.1) is 0 Å².